The molecule has 0 spiro atoms. The Bertz CT molecular complexity index is 1130. The van der Waals surface area contributed by atoms with Gasteiger partial charge in [0.2, 0.25) is 0 Å². The van der Waals surface area contributed by atoms with Crippen molar-refractivity contribution in [3.63, 3.8) is 0 Å². The molecule has 3 aromatic rings. The van der Waals surface area contributed by atoms with Gasteiger partial charge in [-0.05, 0) is 55.7 Å². The Labute approximate surface area is 187 Å². The van der Waals surface area contributed by atoms with Crippen LogP contribution in [0.15, 0.2) is 71.7 Å². The van der Waals surface area contributed by atoms with Crippen LogP contribution in [-0.2, 0) is 10.2 Å². The number of benzene rings is 2. The SMILES string of the molecule is COc1ccc(-n2cc(C(=O)NCC3(c4ccc(C)cc4)CCOCC3)ccc2=O)cc1. The molecule has 6 nitrogen and oxygen atoms in total. The molecular formula is C26H28N2O4. The zero-order valence-corrected chi connectivity index (χ0v) is 18.5. The molecule has 0 aliphatic carbocycles. The standard InChI is InChI=1S/C26H28N2O4/c1-19-3-6-21(7-4-19)26(13-15-32-16-14-26)18-27-25(30)20-5-12-24(29)28(17-20)22-8-10-23(31-2)11-9-22/h3-12,17H,13-16,18H2,1-2H3,(H,27,30). The molecule has 0 unspecified atom stereocenters. The van der Waals surface area contributed by atoms with Gasteiger partial charge in [0.1, 0.15) is 5.75 Å². The number of amides is 1. The molecule has 1 aromatic heterocycles. The molecule has 0 atom stereocenters. The van der Waals surface area contributed by atoms with Gasteiger partial charge in [0.25, 0.3) is 11.5 Å². The van der Waals surface area contributed by atoms with Gasteiger partial charge in [-0.2, -0.15) is 0 Å². The third-order valence-electron chi connectivity index (χ3n) is 6.23. The predicted octanol–water partition coefficient (Wildman–Crippen LogP) is 3.63. The number of aryl methyl sites for hydroxylation is 1. The lowest BCUT2D eigenvalue weighted by Gasteiger charge is -2.38. The fraction of sp³-hybridized carbons (Fsp3) is 0.308. The van der Waals surface area contributed by atoms with Crippen molar-refractivity contribution in [1.82, 2.24) is 9.88 Å². The van der Waals surface area contributed by atoms with Crippen LogP contribution in [0.2, 0.25) is 0 Å². The number of methoxy groups -OCH3 is 1. The van der Waals surface area contributed by atoms with E-state index in [2.05, 4.69) is 36.5 Å². The molecule has 2 aromatic carbocycles. The highest BCUT2D eigenvalue weighted by molar-refractivity contribution is 5.94. The second-order valence-corrected chi connectivity index (χ2v) is 8.27. The first-order valence-corrected chi connectivity index (χ1v) is 10.8. The highest BCUT2D eigenvalue weighted by Gasteiger charge is 2.35. The first-order valence-electron chi connectivity index (χ1n) is 10.8. The molecule has 1 saturated heterocycles. The number of pyridine rings is 1. The van der Waals surface area contributed by atoms with Crippen LogP contribution in [0.3, 0.4) is 0 Å². The maximum Gasteiger partial charge on any atom is 0.255 e. The highest BCUT2D eigenvalue weighted by atomic mass is 16.5. The van der Waals surface area contributed by atoms with E-state index in [0.717, 1.165) is 12.8 Å². The van der Waals surface area contributed by atoms with E-state index in [1.165, 1.54) is 21.8 Å². The number of carbonyl (C=O) groups is 1. The van der Waals surface area contributed by atoms with Crippen molar-refractivity contribution in [2.24, 2.45) is 0 Å². The van der Waals surface area contributed by atoms with Crippen LogP contribution in [-0.4, -0.2) is 37.3 Å². The van der Waals surface area contributed by atoms with Crippen LogP contribution in [0.4, 0.5) is 0 Å². The Morgan fingerprint density at radius 1 is 1.03 bits per heavy atom. The van der Waals surface area contributed by atoms with Crippen molar-refractivity contribution in [3.8, 4) is 11.4 Å². The zero-order chi connectivity index (χ0) is 22.6. The van der Waals surface area contributed by atoms with Gasteiger partial charge in [0.15, 0.2) is 0 Å². The molecule has 1 N–H and O–H groups in total. The maximum absolute atomic E-state index is 13.0. The average Bonchev–Trinajstić information content (AvgIpc) is 2.84. The summed E-state index contributed by atoms with van der Waals surface area (Å²) >= 11 is 0. The number of rotatable bonds is 6. The fourth-order valence-electron chi connectivity index (χ4n) is 4.15. The predicted molar refractivity (Wildman–Crippen MR) is 124 cm³/mol. The molecule has 0 saturated carbocycles. The molecule has 1 fully saturated rings. The summed E-state index contributed by atoms with van der Waals surface area (Å²) in [5.41, 5.74) is 3.17. The monoisotopic (exact) mass is 432 g/mol. The summed E-state index contributed by atoms with van der Waals surface area (Å²) in [6.45, 7) is 3.93. The minimum absolute atomic E-state index is 0.161. The summed E-state index contributed by atoms with van der Waals surface area (Å²) in [5, 5.41) is 3.11. The quantitative estimate of drug-likeness (QED) is 0.646. The van der Waals surface area contributed by atoms with Crippen LogP contribution < -0.4 is 15.6 Å². The lowest BCUT2D eigenvalue weighted by atomic mass is 9.74. The molecule has 6 heteroatoms. The summed E-state index contributed by atoms with van der Waals surface area (Å²) < 4.78 is 12.2. The molecule has 32 heavy (non-hydrogen) atoms. The Kier molecular flexibility index (Phi) is 6.42. The number of hydrogen-bond donors (Lipinski definition) is 1. The van der Waals surface area contributed by atoms with Gasteiger partial charge in [0, 0.05) is 43.1 Å². The largest absolute Gasteiger partial charge is 0.497 e. The van der Waals surface area contributed by atoms with Gasteiger partial charge in [0.05, 0.1) is 12.7 Å². The van der Waals surface area contributed by atoms with Gasteiger partial charge in [-0.1, -0.05) is 29.8 Å². The van der Waals surface area contributed by atoms with Crippen molar-refractivity contribution in [3.05, 3.63) is 93.9 Å². The number of aromatic nitrogens is 1. The number of nitrogens with one attached hydrogen (secondary N) is 1. The summed E-state index contributed by atoms with van der Waals surface area (Å²) in [4.78, 5) is 25.4. The first-order chi connectivity index (χ1) is 15.5. The molecule has 0 radical (unpaired) electrons. The Balaban J connectivity index is 1.55. The van der Waals surface area contributed by atoms with E-state index in [4.69, 9.17) is 9.47 Å². The Hall–Kier alpha value is -3.38. The molecular weight excluding hydrogens is 404 g/mol. The first kappa shape index (κ1) is 21.8. The molecule has 1 amide bonds. The van der Waals surface area contributed by atoms with Crippen molar-refractivity contribution in [2.45, 2.75) is 25.2 Å². The molecule has 4 rings (SSSR count). The van der Waals surface area contributed by atoms with Crippen molar-refractivity contribution < 1.29 is 14.3 Å². The average molecular weight is 433 g/mol. The minimum Gasteiger partial charge on any atom is -0.497 e. The van der Waals surface area contributed by atoms with Gasteiger partial charge < -0.3 is 14.8 Å². The second-order valence-electron chi connectivity index (χ2n) is 8.27. The van der Waals surface area contributed by atoms with Crippen LogP contribution in [0.1, 0.15) is 34.3 Å². The van der Waals surface area contributed by atoms with Crippen molar-refractivity contribution in [1.29, 1.82) is 0 Å². The molecule has 1 aliphatic heterocycles. The van der Waals surface area contributed by atoms with Gasteiger partial charge in [-0.25, -0.2) is 0 Å². The van der Waals surface area contributed by atoms with Crippen LogP contribution in [0.5, 0.6) is 5.75 Å². The smallest absolute Gasteiger partial charge is 0.255 e. The Morgan fingerprint density at radius 3 is 2.38 bits per heavy atom. The van der Waals surface area contributed by atoms with Gasteiger partial charge in [-0.15, -0.1) is 0 Å². The van der Waals surface area contributed by atoms with Gasteiger partial charge >= 0.3 is 0 Å². The van der Waals surface area contributed by atoms with Gasteiger partial charge in [-0.3, -0.25) is 14.2 Å². The minimum atomic E-state index is -0.203. The second kappa shape index (κ2) is 9.40. The van der Waals surface area contributed by atoms with E-state index >= 15 is 0 Å². The summed E-state index contributed by atoms with van der Waals surface area (Å²) in [6, 6.07) is 18.7. The van der Waals surface area contributed by atoms with E-state index in [1.54, 1.807) is 43.6 Å². The van der Waals surface area contributed by atoms with E-state index in [1.807, 2.05) is 0 Å². The molecule has 0 bridgehead atoms. The highest BCUT2D eigenvalue weighted by Crippen LogP contribution is 2.34. The number of nitrogens with zero attached hydrogens (tertiary/aromatic N) is 1. The van der Waals surface area contributed by atoms with Crippen LogP contribution in [0.25, 0.3) is 5.69 Å². The lowest BCUT2D eigenvalue weighted by molar-refractivity contribution is 0.0487. The normalized spacial score (nSPS) is 15.2. The van der Waals surface area contributed by atoms with E-state index in [0.29, 0.717) is 36.8 Å². The number of carbonyl (C=O) groups excluding carboxylic acids is 1. The van der Waals surface area contributed by atoms with E-state index in [-0.39, 0.29) is 16.9 Å². The van der Waals surface area contributed by atoms with E-state index in [9.17, 15) is 9.59 Å². The third-order valence-corrected chi connectivity index (χ3v) is 6.23. The number of ether oxygens (including phenoxy) is 2. The topological polar surface area (TPSA) is 69.6 Å². The van der Waals surface area contributed by atoms with E-state index < -0.39 is 0 Å². The zero-order valence-electron chi connectivity index (χ0n) is 18.5. The summed E-state index contributed by atoms with van der Waals surface area (Å²) in [6.07, 6.45) is 3.28. The fourth-order valence-corrected chi connectivity index (χ4v) is 4.15. The molecule has 2 heterocycles. The summed E-state index contributed by atoms with van der Waals surface area (Å²) in [5.74, 6) is 0.499. The van der Waals surface area contributed by atoms with Crippen LogP contribution in [0, 0.1) is 6.92 Å². The van der Waals surface area contributed by atoms with Crippen LogP contribution >= 0.6 is 0 Å². The molecule has 1 aliphatic rings. The molecule has 166 valence electrons. The third kappa shape index (κ3) is 4.60. The Morgan fingerprint density at radius 2 is 1.72 bits per heavy atom. The van der Waals surface area contributed by atoms with Crippen molar-refractivity contribution in [2.75, 3.05) is 26.9 Å². The summed E-state index contributed by atoms with van der Waals surface area (Å²) in [7, 11) is 1.59. The maximum atomic E-state index is 13.0. The van der Waals surface area contributed by atoms with Crippen molar-refractivity contribution >= 4 is 5.91 Å². The number of hydrogen-bond acceptors (Lipinski definition) is 4. The lowest BCUT2D eigenvalue weighted by Crippen LogP contribution is -2.44.